The average molecular weight is 504 g/mol. The molecule has 0 aliphatic heterocycles. The number of benzene rings is 2. The molecule has 1 fully saturated rings. The van der Waals surface area contributed by atoms with E-state index in [1.54, 1.807) is 0 Å². The number of ether oxygens (including phenoxy) is 1. The summed E-state index contributed by atoms with van der Waals surface area (Å²) < 4.78 is 12.0. The lowest BCUT2D eigenvalue weighted by atomic mass is 9.81. The Kier molecular flexibility index (Phi) is 8.54. The van der Waals surface area contributed by atoms with Crippen molar-refractivity contribution in [2.45, 2.75) is 51.0 Å². The van der Waals surface area contributed by atoms with Crippen LogP contribution in [0.5, 0.6) is 0 Å². The lowest BCUT2D eigenvalue weighted by Crippen LogP contribution is -2.67. The van der Waals surface area contributed by atoms with Gasteiger partial charge in [-0.25, -0.2) is 0 Å². The fourth-order valence-corrected chi connectivity index (χ4v) is 10.7. The molecule has 0 bridgehead atoms. The van der Waals surface area contributed by atoms with Gasteiger partial charge in [-0.3, -0.25) is 4.79 Å². The Balaban J connectivity index is 1.81. The number of rotatable bonds is 9. The fraction of sp³-hybridized carbons (Fsp3) is 0.500. The first-order valence-electron chi connectivity index (χ1n) is 11.3. The van der Waals surface area contributed by atoms with Crippen LogP contribution >= 0.6 is 15.9 Å². The summed E-state index contributed by atoms with van der Waals surface area (Å²) in [5, 5.41) is 3.48. The third-order valence-corrected chi connectivity index (χ3v) is 13.8. The van der Waals surface area contributed by atoms with Crippen molar-refractivity contribution in [1.82, 2.24) is 0 Å². The zero-order chi connectivity index (χ0) is 22.3. The van der Waals surface area contributed by atoms with Crippen molar-refractivity contribution >= 4 is 40.6 Å². The summed E-state index contributed by atoms with van der Waals surface area (Å²) in [5.41, 5.74) is 0. The molecule has 0 aromatic heterocycles. The minimum Gasteiger partial charge on any atom is -0.469 e. The SMILES string of the molecule is COC(=O)C1CCC(CCO[Si](c2ccccc2)(c2ccccc2)C(C)(C)CBr)CC1. The molecule has 2 aromatic carbocycles. The van der Waals surface area contributed by atoms with Crippen LogP contribution in [0.3, 0.4) is 0 Å². The second kappa shape index (κ2) is 10.9. The van der Waals surface area contributed by atoms with E-state index in [9.17, 15) is 4.79 Å². The van der Waals surface area contributed by atoms with Crippen LogP contribution in [0.25, 0.3) is 0 Å². The van der Waals surface area contributed by atoms with Crippen molar-refractivity contribution in [1.29, 1.82) is 0 Å². The molecule has 0 amide bonds. The van der Waals surface area contributed by atoms with Gasteiger partial charge in [-0.1, -0.05) is 90.4 Å². The number of carbonyl (C=O) groups is 1. The van der Waals surface area contributed by atoms with Gasteiger partial charge in [-0.05, 0) is 48.4 Å². The van der Waals surface area contributed by atoms with Crippen molar-refractivity contribution < 1.29 is 14.0 Å². The van der Waals surface area contributed by atoms with E-state index in [-0.39, 0.29) is 16.9 Å². The number of esters is 1. The summed E-state index contributed by atoms with van der Waals surface area (Å²) in [5.74, 6) is 0.649. The van der Waals surface area contributed by atoms with E-state index >= 15 is 0 Å². The van der Waals surface area contributed by atoms with Crippen molar-refractivity contribution in [2.24, 2.45) is 11.8 Å². The quantitative estimate of drug-likeness (QED) is 0.264. The van der Waals surface area contributed by atoms with Gasteiger partial charge in [0.15, 0.2) is 0 Å². The number of carbonyl (C=O) groups excluding carboxylic acids is 1. The van der Waals surface area contributed by atoms with Gasteiger partial charge >= 0.3 is 5.97 Å². The van der Waals surface area contributed by atoms with Gasteiger partial charge in [-0.15, -0.1) is 0 Å². The molecule has 168 valence electrons. The normalized spacial score (nSPS) is 19.7. The van der Waals surface area contributed by atoms with Gasteiger partial charge in [-0.2, -0.15) is 0 Å². The van der Waals surface area contributed by atoms with Crippen LogP contribution < -0.4 is 10.4 Å². The van der Waals surface area contributed by atoms with E-state index < -0.39 is 8.32 Å². The Bertz CT molecular complexity index is 778. The molecule has 5 heteroatoms. The topological polar surface area (TPSA) is 35.5 Å². The van der Waals surface area contributed by atoms with Gasteiger partial charge < -0.3 is 9.16 Å². The molecule has 0 N–H and O–H groups in total. The van der Waals surface area contributed by atoms with E-state index in [0.717, 1.165) is 44.0 Å². The van der Waals surface area contributed by atoms with Gasteiger partial charge in [0, 0.05) is 17.0 Å². The molecule has 1 aliphatic carbocycles. The second-order valence-corrected chi connectivity index (χ2v) is 14.0. The largest absolute Gasteiger partial charge is 0.469 e. The summed E-state index contributed by atoms with van der Waals surface area (Å²) in [6.45, 7) is 5.41. The molecular formula is C26H35BrO3Si. The standard InChI is InChI=1S/C26H35BrO3Si/c1-26(2,20-27)31(23-10-6-4-7-11-23,24-12-8-5-9-13-24)30-19-18-21-14-16-22(17-15-21)25(28)29-3/h4-13,21-22H,14-20H2,1-3H3. The first kappa shape index (κ1) is 24.2. The van der Waals surface area contributed by atoms with Crippen LogP contribution in [0.4, 0.5) is 0 Å². The number of halogens is 1. The van der Waals surface area contributed by atoms with Crippen LogP contribution in [0, 0.1) is 11.8 Å². The molecule has 1 aliphatic rings. The summed E-state index contributed by atoms with van der Waals surface area (Å²) in [4.78, 5) is 11.8. The lowest BCUT2D eigenvalue weighted by Gasteiger charge is -2.44. The fourth-order valence-electron chi connectivity index (χ4n) is 4.98. The number of hydrogen-bond acceptors (Lipinski definition) is 3. The molecule has 1 saturated carbocycles. The molecular weight excluding hydrogens is 468 g/mol. The number of alkyl halides is 1. The Morgan fingerprint density at radius 2 is 1.48 bits per heavy atom. The predicted molar refractivity (Wildman–Crippen MR) is 134 cm³/mol. The molecule has 0 saturated heterocycles. The Morgan fingerprint density at radius 3 is 1.94 bits per heavy atom. The number of methoxy groups -OCH3 is 1. The van der Waals surface area contributed by atoms with Crippen LogP contribution in [-0.4, -0.2) is 33.3 Å². The molecule has 0 atom stereocenters. The Labute approximate surface area is 196 Å². The minimum atomic E-state index is -2.52. The first-order valence-corrected chi connectivity index (χ1v) is 14.4. The highest BCUT2D eigenvalue weighted by Crippen LogP contribution is 2.40. The molecule has 2 aromatic rings. The van der Waals surface area contributed by atoms with Crippen molar-refractivity contribution in [2.75, 3.05) is 19.0 Å². The summed E-state index contributed by atoms with van der Waals surface area (Å²) in [6, 6.07) is 21.6. The zero-order valence-electron chi connectivity index (χ0n) is 19.0. The molecule has 0 heterocycles. The van der Waals surface area contributed by atoms with Crippen LogP contribution in [0.15, 0.2) is 60.7 Å². The molecule has 3 rings (SSSR count). The first-order chi connectivity index (χ1) is 14.9. The summed E-state index contributed by atoms with van der Waals surface area (Å²) >= 11 is 3.81. The third-order valence-electron chi connectivity index (χ3n) is 6.87. The highest BCUT2D eigenvalue weighted by atomic mass is 79.9. The van der Waals surface area contributed by atoms with E-state index in [4.69, 9.17) is 9.16 Å². The second-order valence-electron chi connectivity index (χ2n) is 9.31. The summed E-state index contributed by atoms with van der Waals surface area (Å²) in [6.07, 6.45) is 5.07. The molecule has 3 nitrogen and oxygen atoms in total. The smallest absolute Gasteiger partial charge is 0.308 e. The third kappa shape index (κ3) is 5.32. The predicted octanol–water partition coefficient (Wildman–Crippen LogP) is 5.31. The van der Waals surface area contributed by atoms with Gasteiger partial charge in [0.2, 0.25) is 0 Å². The Morgan fingerprint density at radius 1 is 0.968 bits per heavy atom. The van der Waals surface area contributed by atoms with Crippen LogP contribution in [-0.2, 0) is 14.0 Å². The van der Waals surface area contributed by atoms with Gasteiger partial charge in [0.25, 0.3) is 8.32 Å². The van der Waals surface area contributed by atoms with E-state index in [2.05, 4.69) is 90.4 Å². The molecule has 0 unspecified atom stereocenters. The lowest BCUT2D eigenvalue weighted by molar-refractivity contribution is -0.146. The van der Waals surface area contributed by atoms with Crippen molar-refractivity contribution in [3.05, 3.63) is 60.7 Å². The van der Waals surface area contributed by atoms with Crippen LogP contribution in [0.1, 0.15) is 46.0 Å². The highest BCUT2D eigenvalue weighted by molar-refractivity contribution is 9.09. The molecule has 31 heavy (non-hydrogen) atoms. The maximum atomic E-state index is 11.8. The summed E-state index contributed by atoms with van der Waals surface area (Å²) in [7, 11) is -1.03. The van der Waals surface area contributed by atoms with E-state index in [1.807, 2.05) is 0 Å². The van der Waals surface area contributed by atoms with Crippen molar-refractivity contribution in [3.8, 4) is 0 Å². The van der Waals surface area contributed by atoms with E-state index in [1.165, 1.54) is 17.5 Å². The molecule has 0 spiro atoms. The average Bonchev–Trinajstić information content (AvgIpc) is 2.82. The van der Waals surface area contributed by atoms with Crippen LogP contribution in [0.2, 0.25) is 5.04 Å². The minimum absolute atomic E-state index is 0.0295. The highest BCUT2D eigenvalue weighted by Gasteiger charge is 2.52. The van der Waals surface area contributed by atoms with E-state index in [0.29, 0.717) is 5.92 Å². The molecule has 0 radical (unpaired) electrons. The van der Waals surface area contributed by atoms with Crippen molar-refractivity contribution in [3.63, 3.8) is 0 Å². The number of hydrogen-bond donors (Lipinski definition) is 0. The van der Waals surface area contributed by atoms with Gasteiger partial charge in [0.05, 0.1) is 13.0 Å². The maximum Gasteiger partial charge on any atom is 0.308 e. The maximum absolute atomic E-state index is 11.8. The Hall–Kier alpha value is -1.43. The zero-order valence-corrected chi connectivity index (χ0v) is 21.6. The van der Waals surface area contributed by atoms with Gasteiger partial charge in [0.1, 0.15) is 0 Å². The monoisotopic (exact) mass is 502 g/mol.